The standard InChI is InChI=1S/C21H24N2O2/c1-24-20-9-5-8-17-12-19(25-21(17)20)13-22-18-10-11-23(15-18)14-16-6-3-2-4-7-16/h2-9,12,18,22H,10-11,13-15H2,1H3. The first-order valence-corrected chi connectivity index (χ1v) is 8.87. The maximum Gasteiger partial charge on any atom is 0.176 e. The zero-order chi connectivity index (χ0) is 17.1. The topological polar surface area (TPSA) is 37.6 Å². The molecular formula is C21H24N2O2. The smallest absolute Gasteiger partial charge is 0.176 e. The molecule has 1 atom stereocenters. The van der Waals surface area contributed by atoms with Crippen LogP contribution in [-0.4, -0.2) is 31.1 Å². The molecule has 1 aromatic heterocycles. The van der Waals surface area contributed by atoms with Gasteiger partial charge >= 0.3 is 0 Å². The van der Waals surface area contributed by atoms with Gasteiger partial charge in [-0.2, -0.15) is 0 Å². The van der Waals surface area contributed by atoms with E-state index in [0.717, 1.165) is 48.7 Å². The summed E-state index contributed by atoms with van der Waals surface area (Å²) < 4.78 is 11.3. The Morgan fingerprint density at radius 3 is 2.88 bits per heavy atom. The summed E-state index contributed by atoms with van der Waals surface area (Å²) in [6.07, 6.45) is 1.18. The van der Waals surface area contributed by atoms with Crippen LogP contribution < -0.4 is 10.1 Å². The molecule has 1 unspecified atom stereocenters. The second kappa shape index (κ2) is 7.30. The van der Waals surface area contributed by atoms with Gasteiger partial charge in [-0.25, -0.2) is 0 Å². The molecule has 0 aliphatic carbocycles. The predicted octanol–water partition coefficient (Wildman–Crippen LogP) is 3.81. The van der Waals surface area contributed by atoms with Gasteiger partial charge in [-0.3, -0.25) is 4.90 Å². The molecule has 2 aromatic carbocycles. The Morgan fingerprint density at radius 1 is 1.16 bits per heavy atom. The van der Waals surface area contributed by atoms with Crippen LogP contribution in [0.25, 0.3) is 11.0 Å². The number of methoxy groups -OCH3 is 1. The SMILES string of the molecule is COc1cccc2cc(CNC3CCN(Cc4ccccc4)C3)oc12. The molecule has 4 rings (SSSR count). The number of benzene rings is 2. The van der Waals surface area contributed by atoms with E-state index in [0.29, 0.717) is 6.04 Å². The summed E-state index contributed by atoms with van der Waals surface area (Å²) in [7, 11) is 1.68. The van der Waals surface area contributed by atoms with Gasteiger partial charge in [0.2, 0.25) is 0 Å². The molecule has 2 heterocycles. The van der Waals surface area contributed by atoms with Gasteiger partial charge in [-0.15, -0.1) is 0 Å². The molecule has 4 heteroatoms. The highest BCUT2D eigenvalue weighted by atomic mass is 16.5. The van der Waals surface area contributed by atoms with Crippen molar-refractivity contribution in [2.75, 3.05) is 20.2 Å². The molecule has 0 radical (unpaired) electrons. The summed E-state index contributed by atoms with van der Waals surface area (Å²) in [5.41, 5.74) is 2.21. The number of fused-ring (bicyclic) bond motifs is 1. The molecule has 1 saturated heterocycles. The van der Waals surface area contributed by atoms with E-state index in [-0.39, 0.29) is 0 Å². The van der Waals surface area contributed by atoms with Gasteiger partial charge in [0.05, 0.1) is 13.7 Å². The van der Waals surface area contributed by atoms with Crippen molar-refractivity contribution in [2.24, 2.45) is 0 Å². The summed E-state index contributed by atoms with van der Waals surface area (Å²) in [5.74, 6) is 1.75. The molecule has 0 spiro atoms. The number of likely N-dealkylation sites (tertiary alicyclic amines) is 1. The van der Waals surface area contributed by atoms with Crippen molar-refractivity contribution in [1.29, 1.82) is 0 Å². The van der Waals surface area contributed by atoms with E-state index in [1.54, 1.807) is 7.11 Å². The van der Waals surface area contributed by atoms with Crippen molar-refractivity contribution >= 4 is 11.0 Å². The minimum absolute atomic E-state index is 0.513. The zero-order valence-electron chi connectivity index (χ0n) is 14.6. The maximum absolute atomic E-state index is 5.97. The quantitative estimate of drug-likeness (QED) is 0.743. The fourth-order valence-corrected chi connectivity index (χ4v) is 3.57. The highest BCUT2D eigenvalue weighted by Crippen LogP contribution is 2.28. The Kier molecular flexibility index (Phi) is 4.72. The van der Waals surface area contributed by atoms with Crippen LogP contribution in [0, 0.1) is 0 Å². The zero-order valence-corrected chi connectivity index (χ0v) is 14.6. The lowest BCUT2D eigenvalue weighted by Gasteiger charge is -2.16. The largest absolute Gasteiger partial charge is 0.493 e. The van der Waals surface area contributed by atoms with Gasteiger partial charge in [0.15, 0.2) is 11.3 Å². The van der Waals surface area contributed by atoms with Crippen molar-refractivity contribution in [1.82, 2.24) is 10.2 Å². The van der Waals surface area contributed by atoms with Crippen molar-refractivity contribution in [3.05, 3.63) is 65.9 Å². The van der Waals surface area contributed by atoms with Crippen LogP contribution in [0.2, 0.25) is 0 Å². The molecule has 1 fully saturated rings. The first kappa shape index (κ1) is 16.2. The van der Waals surface area contributed by atoms with E-state index in [1.165, 1.54) is 12.0 Å². The van der Waals surface area contributed by atoms with E-state index >= 15 is 0 Å². The van der Waals surface area contributed by atoms with Crippen LogP contribution in [0.15, 0.2) is 59.0 Å². The van der Waals surface area contributed by atoms with Gasteiger partial charge < -0.3 is 14.5 Å². The summed E-state index contributed by atoms with van der Waals surface area (Å²) in [4.78, 5) is 2.51. The molecule has 0 amide bonds. The normalized spacial score (nSPS) is 18.0. The number of nitrogens with zero attached hydrogens (tertiary/aromatic N) is 1. The Hall–Kier alpha value is -2.30. The van der Waals surface area contributed by atoms with E-state index in [2.05, 4.69) is 52.7 Å². The second-order valence-corrected chi connectivity index (χ2v) is 6.68. The Labute approximate surface area is 148 Å². The number of nitrogens with one attached hydrogen (secondary N) is 1. The van der Waals surface area contributed by atoms with Crippen LogP contribution in [0.4, 0.5) is 0 Å². The summed E-state index contributed by atoms with van der Waals surface area (Å²) in [5, 5.41) is 4.73. The third-order valence-electron chi connectivity index (χ3n) is 4.87. The number of ether oxygens (including phenoxy) is 1. The molecule has 0 saturated carbocycles. The number of hydrogen-bond donors (Lipinski definition) is 1. The number of furan rings is 1. The van der Waals surface area contributed by atoms with Gasteiger partial charge in [0, 0.05) is 31.1 Å². The molecule has 1 aliphatic heterocycles. The van der Waals surface area contributed by atoms with E-state index in [1.807, 2.05) is 12.1 Å². The van der Waals surface area contributed by atoms with Crippen LogP contribution >= 0.6 is 0 Å². The first-order chi connectivity index (χ1) is 12.3. The lowest BCUT2D eigenvalue weighted by molar-refractivity contribution is 0.318. The molecule has 25 heavy (non-hydrogen) atoms. The molecule has 4 nitrogen and oxygen atoms in total. The van der Waals surface area contributed by atoms with E-state index in [4.69, 9.17) is 9.15 Å². The minimum Gasteiger partial charge on any atom is -0.493 e. The molecule has 3 aromatic rings. The lowest BCUT2D eigenvalue weighted by Crippen LogP contribution is -2.31. The first-order valence-electron chi connectivity index (χ1n) is 8.87. The molecule has 1 N–H and O–H groups in total. The molecule has 130 valence electrons. The third kappa shape index (κ3) is 3.70. The van der Waals surface area contributed by atoms with Crippen molar-refractivity contribution in [3.63, 3.8) is 0 Å². The average molecular weight is 336 g/mol. The number of rotatable bonds is 6. The van der Waals surface area contributed by atoms with Crippen molar-refractivity contribution in [3.8, 4) is 5.75 Å². The van der Waals surface area contributed by atoms with Crippen LogP contribution in [0.1, 0.15) is 17.7 Å². The van der Waals surface area contributed by atoms with Crippen LogP contribution in [0.5, 0.6) is 5.75 Å². The summed E-state index contributed by atoms with van der Waals surface area (Å²) in [6.45, 7) is 4.00. The molecule has 0 bridgehead atoms. The Bertz CT molecular complexity index is 828. The van der Waals surface area contributed by atoms with E-state index in [9.17, 15) is 0 Å². The fourth-order valence-electron chi connectivity index (χ4n) is 3.57. The maximum atomic E-state index is 5.97. The van der Waals surface area contributed by atoms with Gasteiger partial charge in [-0.1, -0.05) is 42.5 Å². The highest BCUT2D eigenvalue weighted by Gasteiger charge is 2.22. The Morgan fingerprint density at radius 2 is 2.04 bits per heavy atom. The lowest BCUT2D eigenvalue weighted by atomic mass is 10.2. The predicted molar refractivity (Wildman–Crippen MR) is 99.7 cm³/mol. The molecule has 1 aliphatic rings. The average Bonchev–Trinajstić information content (AvgIpc) is 3.26. The summed E-state index contributed by atoms with van der Waals surface area (Å²) in [6, 6.07) is 19.3. The summed E-state index contributed by atoms with van der Waals surface area (Å²) >= 11 is 0. The monoisotopic (exact) mass is 336 g/mol. The van der Waals surface area contributed by atoms with Gasteiger partial charge in [-0.05, 0) is 24.1 Å². The molecular weight excluding hydrogens is 312 g/mol. The number of para-hydroxylation sites is 1. The van der Waals surface area contributed by atoms with Crippen LogP contribution in [-0.2, 0) is 13.1 Å². The number of hydrogen-bond acceptors (Lipinski definition) is 4. The van der Waals surface area contributed by atoms with E-state index < -0.39 is 0 Å². The van der Waals surface area contributed by atoms with Crippen LogP contribution in [0.3, 0.4) is 0 Å². The minimum atomic E-state index is 0.513. The highest BCUT2D eigenvalue weighted by molar-refractivity contribution is 5.83. The Balaban J connectivity index is 1.33. The van der Waals surface area contributed by atoms with Gasteiger partial charge in [0.25, 0.3) is 0 Å². The fraction of sp³-hybridized carbons (Fsp3) is 0.333. The van der Waals surface area contributed by atoms with Gasteiger partial charge in [0.1, 0.15) is 5.76 Å². The second-order valence-electron chi connectivity index (χ2n) is 6.68. The third-order valence-corrected chi connectivity index (χ3v) is 4.87. The van der Waals surface area contributed by atoms with Crippen molar-refractivity contribution < 1.29 is 9.15 Å². The van der Waals surface area contributed by atoms with Crippen molar-refractivity contribution in [2.45, 2.75) is 25.6 Å².